The highest BCUT2D eigenvalue weighted by Gasteiger charge is 2.26. The van der Waals surface area contributed by atoms with Gasteiger partial charge in [-0.3, -0.25) is 9.88 Å². The van der Waals surface area contributed by atoms with Crippen LogP contribution in [0.15, 0.2) is 22.9 Å². The summed E-state index contributed by atoms with van der Waals surface area (Å²) in [6, 6.07) is 2.10. The van der Waals surface area contributed by atoms with Crippen LogP contribution in [0.2, 0.25) is 5.02 Å². The average molecular weight is 350 g/mol. The number of halogens is 1. The summed E-state index contributed by atoms with van der Waals surface area (Å²) in [5.74, 6) is 1.96. The van der Waals surface area contributed by atoms with Gasteiger partial charge >= 0.3 is 0 Å². The zero-order chi connectivity index (χ0) is 17.1. The standard InChI is InChI=1S/C17H24ClN5O/c1-12(2)10-16-20-21-17(24-16)13(3)22-6-8-23(9-7-22)15-4-5-19-11-14(15)18/h4-5,11-13H,6-10H2,1-3H3/t13-/m0/s1. The number of anilines is 1. The number of rotatable bonds is 5. The minimum atomic E-state index is 0.133. The van der Waals surface area contributed by atoms with Gasteiger partial charge in [0, 0.05) is 45.0 Å². The van der Waals surface area contributed by atoms with Gasteiger partial charge in [-0.15, -0.1) is 10.2 Å². The second kappa shape index (κ2) is 7.49. The van der Waals surface area contributed by atoms with Crippen molar-refractivity contribution < 1.29 is 4.42 Å². The van der Waals surface area contributed by atoms with Crippen LogP contribution in [0, 0.1) is 5.92 Å². The Morgan fingerprint density at radius 1 is 1.17 bits per heavy atom. The van der Waals surface area contributed by atoms with Crippen LogP contribution >= 0.6 is 11.6 Å². The highest BCUT2D eigenvalue weighted by molar-refractivity contribution is 6.33. The topological polar surface area (TPSA) is 58.3 Å². The third kappa shape index (κ3) is 3.87. The van der Waals surface area contributed by atoms with E-state index in [1.807, 2.05) is 6.07 Å². The third-order valence-corrected chi connectivity index (χ3v) is 4.67. The lowest BCUT2D eigenvalue weighted by Gasteiger charge is -2.38. The Bertz CT molecular complexity index is 667. The van der Waals surface area contributed by atoms with Crippen molar-refractivity contribution in [3.05, 3.63) is 35.3 Å². The second-order valence-electron chi connectivity index (χ2n) is 6.66. The predicted molar refractivity (Wildman–Crippen MR) is 94.3 cm³/mol. The number of hydrogen-bond acceptors (Lipinski definition) is 6. The van der Waals surface area contributed by atoms with Crippen molar-refractivity contribution in [2.24, 2.45) is 5.92 Å². The molecule has 1 saturated heterocycles. The molecule has 24 heavy (non-hydrogen) atoms. The van der Waals surface area contributed by atoms with Crippen LogP contribution < -0.4 is 4.90 Å². The minimum absolute atomic E-state index is 0.133. The molecule has 0 unspecified atom stereocenters. The molecule has 1 aliphatic heterocycles. The van der Waals surface area contributed by atoms with Crippen molar-refractivity contribution in [2.45, 2.75) is 33.2 Å². The van der Waals surface area contributed by atoms with Crippen LogP contribution in [0.25, 0.3) is 0 Å². The fourth-order valence-corrected chi connectivity index (χ4v) is 3.24. The highest BCUT2D eigenvalue weighted by atomic mass is 35.5. The largest absolute Gasteiger partial charge is 0.424 e. The lowest BCUT2D eigenvalue weighted by atomic mass is 10.1. The van der Waals surface area contributed by atoms with E-state index in [2.05, 4.69) is 45.8 Å². The molecule has 0 amide bonds. The number of nitrogens with zero attached hydrogens (tertiary/aromatic N) is 5. The lowest BCUT2D eigenvalue weighted by Crippen LogP contribution is -2.47. The van der Waals surface area contributed by atoms with Crippen LogP contribution in [-0.4, -0.2) is 46.3 Å². The van der Waals surface area contributed by atoms with Gasteiger partial charge in [0.15, 0.2) is 0 Å². The van der Waals surface area contributed by atoms with E-state index in [1.54, 1.807) is 12.4 Å². The maximum Gasteiger partial charge on any atom is 0.233 e. The monoisotopic (exact) mass is 349 g/mol. The van der Waals surface area contributed by atoms with Crippen molar-refractivity contribution in [1.29, 1.82) is 0 Å². The summed E-state index contributed by atoms with van der Waals surface area (Å²) in [7, 11) is 0. The van der Waals surface area contributed by atoms with Crippen LogP contribution in [0.5, 0.6) is 0 Å². The fourth-order valence-electron chi connectivity index (χ4n) is 3.00. The van der Waals surface area contributed by atoms with E-state index in [1.165, 1.54) is 0 Å². The Labute approximate surface area is 147 Å². The Kier molecular flexibility index (Phi) is 5.36. The van der Waals surface area contributed by atoms with E-state index in [0.29, 0.717) is 16.8 Å². The first-order valence-corrected chi connectivity index (χ1v) is 8.83. The molecule has 7 heteroatoms. The molecule has 0 radical (unpaired) electrons. The summed E-state index contributed by atoms with van der Waals surface area (Å²) >= 11 is 6.25. The summed E-state index contributed by atoms with van der Waals surface area (Å²) in [4.78, 5) is 8.72. The van der Waals surface area contributed by atoms with Crippen LogP contribution in [0.4, 0.5) is 5.69 Å². The van der Waals surface area contributed by atoms with E-state index >= 15 is 0 Å². The first-order valence-electron chi connectivity index (χ1n) is 8.45. The second-order valence-corrected chi connectivity index (χ2v) is 7.07. The van der Waals surface area contributed by atoms with Gasteiger partial charge in [-0.05, 0) is 18.9 Å². The zero-order valence-corrected chi connectivity index (χ0v) is 15.2. The molecule has 130 valence electrons. The molecule has 1 fully saturated rings. The first kappa shape index (κ1) is 17.2. The summed E-state index contributed by atoms with van der Waals surface area (Å²) in [5, 5.41) is 9.11. The Morgan fingerprint density at radius 2 is 1.92 bits per heavy atom. The molecule has 0 bridgehead atoms. The smallest absolute Gasteiger partial charge is 0.233 e. The summed E-state index contributed by atoms with van der Waals surface area (Å²) in [6.07, 6.45) is 4.31. The molecule has 0 spiro atoms. The van der Waals surface area contributed by atoms with E-state index in [4.69, 9.17) is 16.0 Å². The molecule has 3 rings (SSSR count). The number of aromatic nitrogens is 3. The van der Waals surface area contributed by atoms with Gasteiger partial charge in [0.2, 0.25) is 11.8 Å². The van der Waals surface area contributed by atoms with E-state index in [9.17, 15) is 0 Å². The Balaban J connectivity index is 1.60. The number of hydrogen-bond donors (Lipinski definition) is 0. The molecule has 0 aliphatic carbocycles. The van der Waals surface area contributed by atoms with Crippen molar-refractivity contribution in [2.75, 3.05) is 31.1 Å². The SMILES string of the molecule is CC(C)Cc1nnc([C@H](C)N2CCN(c3ccncc3Cl)CC2)o1. The maximum atomic E-state index is 6.25. The molecular weight excluding hydrogens is 326 g/mol. The molecule has 0 aromatic carbocycles. The quantitative estimate of drug-likeness (QED) is 0.826. The van der Waals surface area contributed by atoms with E-state index in [-0.39, 0.29) is 6.04 Å². The van der Waals surface area contributed by atoms with Crippen LogP contribution in [0.3, 0.4) is 0 Å². The van der Waals surface area contributed by atoms with Gasteiger partial charge in [-0.25, -0.2) is 0 Å². The lowest BCUT2D eigenvalue weighted by molar-refractivity contribution is 0.171. The van der Waals surface area contributed by atoms with Gasteiger partial charge in [0.25, 0.3) is 0 Å². The Morgan fingerprint density at radius 3 is 2.58 bits per heavy atom. The molecule has 3 heterocycles. The molecule has 6 nitrogen and oxygen atoms in total. The molecule has 0 saturated carbocycles. The highest BCUT2D eigenvalue weighted by Crippen LogP contribution is 2.27. The molecule has 0 N–H and O–H groups in total. The molecular formula is C17H24ClN5O. The summed E-state index contributed by atoms with van der Waals surface area (Å²) < 4.78 is 5.83. The molecule has 1 aliphatic rings. The van der Waals surface area contributed by atoms with Crippen molar-refractivity contribution in [1.82, 2.24) is 20.1 Å². The minimum Gasteiger partial charge on any atom is -0.424 e. The first-order chi connectivity index (χ1) is 11.5. The maximum absolute atomic E-state index is 6.25. The fraction of sp³-hybridized carbons (Fsp3) is 0.588. The van der Waals surface area contributed by atoms with Gasteiger partial charge in [-0.1, -0.05) is 25.4 Å². The normalized spacial score (nSPS) is 17.5. The summed E-state index contributed by atoms with van der Waals surface area (Å²) in [5.41, 5.74) is 1.05. The van der Waals surface area contributed by atoms with Gasteiger partial charge in [0.05, 0.1) is 16.8 Å². The van der Waals surface area contributed by atoms with Crippen molar-refractivity contribution in [3.63, 3.8) is 0 Å². The van der Waals surface area contributed by atoms with Gasteiger partial charge in [-0.2, -0.15) is 0 Å². The average Bonchev–Trinajstić information content (AvgIpc) is 3.02. The third-order valence-electron chi connectivity index (χ3n) is 4.38. The number of pyridine rings is 1. The van der Waals surface area contributed by atoms with Gasteiger partial charge < -0.3 is 9.32 Å². The number of piperazine rings is 1. The van der Waals surface area contributed by atoms with Crippen molar-refractivity contribution >= 4 is 17.3 Å². The van der Waals surface area contributed by atoms with Gasteiger partial charge in [0.1, 0.15) is 0 Å². The van der Waals surface area contributed by atoms with Crippen molar-refractivity contribution in [3.8, 4) is 0 Å². The van der Waals surface area contributed by atoms with Crippen LogP contribution in [-0.2, 0) is 6.42 Å². The Hall–Kier alpha value is -1.66. The zero-order valence-electron chi connectivity index (χ0n) is 14.4. The predicted octanol–water partition coefficient (Wildman–Crippen LogP) is 3.20. The summed E-state index contributed by atoms with van der Waals surface area (Å²) in [6.45, 7) is 10.1. The van der Waals surface area contributed by atoms with Crippen LogP contribution in [0.1, 0.15) is 38.6 Å². The van der Waals surface area contributed by atoms with E-state index < -0.39 is 0 Å². The molecule has 1 atom stereocenters. The van der Waals surface area contributed by atoms with E-state index in [0.717, 1.165) is 44.2 Å². The molecule has 2 aromatic rings. The molecule has 2 aromatic heterocycles.